The third-order valence-electron chi connectivity index (χ3n) is 14.0. The molecule has 3 nitrogen and oxygen atoms in total. The summed E-state index contributed by atoms with van der Waals surface area (Å²) in [6.45, 7) is 4.71. The Labute approximate surface area is 384 Å². The Kier molecular flexibility index (Phi) is 8.56. The lowest BCUT2D eigenvalue weighted by atomic mass is 9.82. The van der Waals surface area contributed by atoms with Crippen LogP contribution in [0.5, 0.6) is 0 Å². The molecule has 3 heteroatoms. The third-order valence-corrected chi connectivity index (χ3v) is 14.0. The number of fused-ring (bicyclic) bond motifs is 9. The van der Waals surface area contributed by atoms with E-state index in [1.54, 1.807) is 0 Å². The van der Waals surface area contributed by atoms with Crippen molar-refractivity contribution in [3.63, 3.8) is 0 Å². The van der Waals surface area contributed by atoms with Crippen LogP contribution in [0, 0.1) is 0 Å². The molecule has 0 saturated carbocycles. The maximum absolute atomic E-state index is 6.93. The summed E-state index contributed by atoms with van der Waals surface area (Å²) in [4.78, 5) is 2.48. The van der Waals surface area contributed by atoms with Gasteiger partial charge in [0.05, 0.1) is 27.8 Å². The van der Waals surface area contributed by atoms with Gasteiger partial charge in [-0.1, -0.05) is 190 Å². The number of hydrogen-bond acceptors (Lipinski definition) is 2. The molecule has 1 aliphatic rings. The molecule has 1 aliphatic carbocycles. The van der Waals surface area contributed by atoms with E-state index in [0.29, 0.717) is 0 Å². The maximum atomic E-state index is 6.93. The summed E-state index contributed by atoms with van der Waals surface area (Å²) in [5.74, 6) is 0. The normalized spacial score (nSPS) is 12.8. The van der Waals surface area contributed by atoms with E-state index >= 15 is 0 Å². The molecule has 2 aromatic heterocycles. The van der Waals surface area contributed by atoms with E-state index in [9.17, 15) is 0 Å². The van der Waals surface area contributed by atoms with Gasteiger partial charge in [-0.05, 0) is 99.1 Å². The molecule has 0 atom stereocenters. The summed E-state index contributed by atoms with van der Waals surface area (Å²) in [7, 11) is 0. The first-order chi connectivity index (χ1) is 32.5. The minimum Gasteiger partial charge on any atom is -0.456 e. The highest BCUT2D eigenvalue weighted by atomic mass is 16.3. The van der Waals surface area contributed by atoms with Crippen LogP contribution in [-0.2, 0) is 5.41 Å². The Morgan fingerprint density at radius 3 is 1.70 bits per heavy atom. The second kappa shape index (κ2) is 14.8. The molecule has 312 valence electrons. The van der Waals surface area contributed by atoms with Crippen molar-refractivity contribution in [2.45, 2.75) is 19.3 Å². The number of aromatic nitrogens is 1. The molecule has 0 aliphatic heterocycles. The van der Waals surface area contributed by atoms with E-state index in [2.05, 4.69) is 254 Å². The first-order valence-electron chi connectivity index (χ1n) is 22.8. The molecule has 66 heavy (non-hydrogen) atoms. The van der Waals surface area contributed by atoms with Gasteiger partial charge in [-0.15, -0.1) is 0 Å². The van der Waals surface area contributed by atoms with Crippen LogP contribution in [-0.4, -0.2) is 4.57 Å². The number of benzene rings is 10. The van der Waals surface area contributed by atoms with Gasteiger partial charge in [0.1, 0.15) is 11.2 Å². The summed E-state index contributed by atoms with van der Waals surface area (Å²) >= 11 is 0. The van der Waals surface area contributed by atoms with Crippen LogP contribution in [0.4, 0.5) is 17.1 Å². The van der Waals surface area contributed by atoms with Crippen molar-refractivity contribution in [2.75, 3.05) is 4.90 Å². The predicted molar refractivity (Wildman–Crippen MR) is 277 cm³/mol. The molecule has 13 rings (SSSR count). The summed E-state index contributed by atoms with van der Waals surface area (Å²) in [5, 5.41) is 4.61. The standard InChI is InChI=1S/C63H44N2O/c1-63(2)52-26-11-9-22-51(52)59-53(63)27-15-29-55(59)64(46-39-37-44(38-40-46)43-35-33-42(34-36-43)41-17-5-3-6-18-41)56-30-16-32-58-61(56)60-48(23-14-31-57(60)66-58)50-25-13-24-49-47-21-10-12-28-54(47)65(62(49)50)45-19-7-4-8-20-45/h3-40H,1-2H3. The molecular weight excluding hydrogens is 801 g/mol. The lowest BCUT2D eigenvalue weighted by molar-refractivity contribution is 0.660. The van der Waals surface area contributed by atoms with Crippen molar-refractivity contribution in [1.82, 2.24) is 4.57 Å². The lowest BCUT2D eigenvalue weighted by Crippen LogP contribution is -2.16. The van der Waals surface area contributed by atoms with Gasteiger partial charge >= 0.3 is 0 Å². The smallest absolute Gasteiger partial charge is 0.137 e. The highest BCUT2D eigenvalue weighted by molar-refractivity contribution is 6.22. The molecule has 0 fully saturated rings. The molecule has 0 N–H and O–H groups in total. The Bertz CT molecular complexity index is 3820. The van der Waals surface area contributed by atoms with Crippen LogP contribution < -0.4 is 4.90 Å². The fourth-order valence-corrected chi connectivity index (χ4v) is 11.0. The van der Waals surface area contributed by atoms with E-state index in [1.807, 2.05) is 0 Å². The highest BCUT2D eigenvalue weighted by Crippen LogP contribution is 2.55. The number of furan rings is 1. The van der Waals surface area contributed by atoms with Gasteiger partial charge in [-0.25, -0.2) is 0 Å². The molecule has 12 aromatic rings. The van der Waals surface area contributed by atoms with Crippen molar-refractivity contribution in [1.29, 1.82) is 0 Å². The molecule has 0 radical (unpaired) electrons. The minimum atomic E-state index is -0.166. The van der Waals surface area contributed by atoms with Crippen LogP contribution in [0.3, 0.4) is 0 Å². The van der Waals surface area contributed by atoms with Gasteiger partial charge in [0, 0.05) is 44.1 Å². The predicted octanol–water partition coefficient (Wildman–Crippen LogP) is 17.5. The van der Waals surface area contributed by atoms with Crippen molar-refractivity contribution in [3.8, 4) is 50.2 Å². The zero-order valence-corrected chi connectivity index (χ0v) is 36.7. The Balaban J connectivity index is 1.06. The Morgan fingerprint density at radius 1 is 0.394 bits per heavy atom. The largest absolute Gasteiger partial charge is 0.456 e. The molecule has 0 unspecified atom stereocenters. The van der Waals surface area contributed by atoms with Crippen molar-refractivity contribution in [2.24, 2.45) is 0 Å². The number of hydrogen-bond donors (Lipinski definition) is 0. The van der Waals surface area contributed by atoms with E-state index < -0.39 is 0 Å². The van der Waals surface area contributed by atoms with Crippen molar-refractivity contribution < 1.29 is 4.42 Å². The van der Waals surface area contributed by atoms with Crippen molar-refractivity contribution in [3.05, 3.63) is 242 Å². The number of rotatable bonds is 7. The van der Waals surface area contributed by atoms with Gasteiger partial charge in [-0.2, -0.15) is 0 Å². The molecule has 10 aromatic carbocycles. The number of anilines is 3. The first kappa shape index (κ1) is 38.1. The monoisotopic (exact) mass is 844 g/mol. The second-order valence-electron chi connectivity index (χ2n) is 18.0. The average Bonchev–Trinajstić information content (AvgIpc) is 4.01. The van der Waals surface area contributed by atoms with Crippen LogP contribution in [0.2, 0.25) is 0 Å². The van der Waals surface area contributed by atoms with Gasteiger partial charge in [-0.3, -0.25) is 0 Å². The number of nitrogens with zero attached hydrogens (tertiary/aromatic N) is 2. The van der Waals surface area contributed by atoms with E-state index in [0.717, 1.165) is 55.8 Å². The zero-order valence-electron chi connectivity index (χ0n) is 36.7. The van der Waals surface area contributed by atoms with E-state index in [-0.39, 0.29) is 5.41 Å². The Hall–Kier alpha value is -8.40. The molecule has 2 heterocycles. The van der Waals surface area contributed by atoms with Gasteiger partial charge in [0.25, 0.3) is 0 Å². The van der Waals surface area contributed by atoms with E-state index in [4.69, 9.17) is 4.42 Å². The zero-order chi connectivity index (χ0) is 43.9. The fraction of sp³-hybridized carbons (Fsp3) is 0.0476. The maximum Gasteiger partial charge on any atom is 0.137 e. The quantitative estimate of drug-likeness (QED) is 0.159. The average molecular weight is 845 g/mol. The minimum absolute atomic E-state index is 0.166. The topological polar surface area (TPSA) is 21.3 Å². The van der Waals surface area contributed by atoms with Gasteiger partial charge in [0.15, 0.2) is 0 Å². The first-order valence-corrected chi connectivity index (χ1v) is 22.8. The summed E-state index contributed by atoms with van der Waals surface area (Å²) in [5.41, 5.74) is 20.5. The lowest BCUT2D eigenvalue weighted by Gasteiger charge is -2.29. The van der Waals surface area contributed by atoms with Crippen LogP contribution in [0.1, 0.15) is 25.0 Å². The summed E-state index contributed by atoms with van der Waals surface area (Å²) in [6, 6.07) is 83.7. The third kappa shape index (κ3) is 5.76. The molecule has 0 amide bonds. The second-order valence-corrected chi connectivity index (χ2v) is 18.0. The Morgan fingerprint density at radius 2 is 0.924 bits per heavy atom. The van der Waals surface area contributed by atoms with Gasteiger partial charge < -0.3 is 13.9 Å². The van der Waals surface area contributed by atoms with Crippen LogP contribution in [0.25, 0.3) is 93.9 Å². The number of para-hydroxylation sites is 3. The van der Waals surface area contributed by atoms with Gasteiger partial charge in [0.2, 0.25) is 0 Å². The van der Waals surface area contributed by atoms with Crippen LogP contribution >= 0.6 is 0 Å². The van der Waals surface area contributed by atoms with Crippen LogP contribution in [0.15, 0.2) is 235 Å². The SMILES string of the molecule is CC1(C)c2ccccc2-c2c(N(c3ccc(-c4ccc(-c5ccccc5)cc4)cc3)c3cccc4oc5cccc(-c6cccc7c8ccccc8n(-c8ccccc8)c67)c5c34)cccc21. The van der Waals surface area contributed by atoms with E-state index in [1.165, 1.54) is 66.3 Å². The molecular formula is C63H44N2O. The van der Waals surface area contributed by atoms with Crippen molar-refractivity contribution >= 4 is 60.8 Å². The molecule has 0 saturated heterocycles. The highest BCUT2D eigenvalue weighted by Gasteiger charge is 2.38. The molecule has 0 spiro atoms. The summed E-state index contributed by atoms with van der Waals surface area (Å²) in [6.07, 6.45) is 0. The molecule has 0 bridgehead atoms. The fourth-order valence-electron chi connectivity index (χ4n) is 11.0. The summed E-state index contributed by atoms with van der Waals surface area (Å²) < 4.78 is 9.36.